The standard InChI is InChI=1S/C30H32N4O6/c1-4-39-26(35)15-14-25(30(38)40-5-2)34-28(36)21-8-11-22(12-9-21)31-17-19-6-7-20-10-13-24-27(23(20)16-19)29(37)33-18(3)32-24/h6-13,16,25,31H,4-5,14-15,17H2,1-3H3,(H,34,36)(H,32,33,37)/t25-/m0/s1. The van der Waals surface area contributed by atoms with E-state index < -0.39 is 23.9 Å². The number of rotatable bonds is 11. The zero-order valence-electron chi connectivity index (χ0n) is 22.7. The molecule has 40 heavy (non-hydrogen) atoms. The van der Waals surface area contributed by atoms with E-state index in [1.165, 1.54) is 0 Å². The van der Waals surface area contributed by atoms with Gasteiger partial charge < -0.3 is 25.1 Å². The minimum Gasteiger partial charge on any atom is -0.466 e. The van der Waals surface area contributed by atoms with Gasteiger partial charge in [-0.15, -0.1) is 0 Å². The molecule has 0 saturated heterocycles. The van der Waals surface area contributed by atoms with Gasteiger partial charge in [-0.1, -0.05) is 18.2 Å². The second kappa shape index (κ2) is 12.9. The van der Waals surface area contributed by atoms with E-state index in [1.807, 2.05) is 30.3 Å². The summed E-state index contributed by atoms with van der Waals surface area (Å²) < 4.78 is 9.96. The maximum Gasteiger partial charge on any atom is 0.328 e. The zero-order chi connectivity index (χ0) is 28.6. The number of carbonyl (C=O) groups excluding carboxylic acids is 3. The van der Waals surface area contributed by atoms with Gasteiger partial charge in [0.1, 0.15) is 11.9 Å². The number of aromatic amines is 1. The van der Waals surface area contributed by atoms with Gasteiger partial charge >= 0.3 is 11.9 Å². The fourth-order valence-corrected chi connectivity index (χ4v) is 4.40. The Labute approximate surface area is 231 Å². The van der Waals surface area contributed by atoms with Crippen LogP contribution in [0.2, 0.25) is 0 Å². The largest absolute Gasteiger partial charge is 0.466 e. The minimum absolute atomic E-state index is 0.0183. The van der Waals surface area contributed by atoms with E-state index in [1.54, 1.807) is 45.0 Å². The summed E-state index contributed by atoms with van der Waals surface area (Å²) in [5, 5.41) is 8.32. The SMILES string of the molecule is CCOC(=O)CC[C@H](NC(=O)c1ccc(NCc2ccc3ccc4nc(C)[nH]c(=O)c4c3c2)cc1)C(=O)OCC. The van der Waals surface area contributed by atoms with Crippen molar-refractivity contribution in [2.24, 2.45) is 0 Å². The fourth-order valence-electron chi connectivity index (χ4n) is 4.40. The van der Waals surface area contributed by atoms with Gasteiger partial charge in [-0.3, -0.25) is 14.4 Å². The highest BCUT2D eigenvalue weighted by Gasteiger charge is 2.24. The Morgan fingerprint density at radius 3 is 2.42 bits per heavy atom. The van der Waals surface area contributed by atoms with Gasteiger partial charge in [-0.05, 0) is 79.9 Å². The van der Waals surface area contributed by atoms with Crippen molar-refractivity contribution in [1.29, 1.82) is 0 Å². The first-order chi connectivity index (χ1) is 19.3. The topological polar surface area (TPSA) is 139 Å². The quantitative estimate of drug-likeness (QED) is 0.190. The van der Waals surface area contributed by atoms with Crippen molar-refractivity contribution in [3.05, 3.63) is 81.9 Å². The van der Waals surface area contributed by atoms with Crippen LogP contribution < -0.4 is 16.2 Å². The lowest BCUT2D eigenvalue weighted by atomic mass is 10.0. The lowest BCUT2D eigenvalue weighted by Gasteiger charge is -2.17. The van der Waals surface area contributed by atoms with Crippen LogP contribution >= 0.6 is 0 Å². The number of nitrogens with one attached hydrogen (secondary N) is 3. The number of aryl methyl sites for hydroxylation is 1. The average molecular weight is 545 g/mol. The summed E-state index contributed by atoms with van der Waals surface area (Å²) in [6.07, 6.45) is 0.0567. The molecule has 0 saturated carbocycles. The van der Waals surface area contributed by atoms with E-state index in [-0.39, 0.29) is 31.6 Å². The first kappa shape index (κ1) is 28.3. The van der Waals surface area contributed by atoms with Crippen molar-refractivity contribution >= 4 is 45.2 Å². The Kier molecular flexibility index (Phi) is 9.11. The number of nitrogens with zero attached hydrogens (tertiary/aromatic N) is 1. The third-order valence-corrected chi connectivity index (χ3v) is 6.34. The van der Waals surface area contributed by atoms with Crippen LogP contribution in [-0.2, 0) is 25.6 Å². The van der Waals surface area contributed by atoms with E-state index in [9.17, 15) is 19.2 Å². The van der Waals surface area contributed by atoms with Crippen molar-refractivity contribution in [1.82, 2.24) is 15.3 Å². The predicted molar refractivity (Wildman–Crippen MR) is 152 cm³/mol. The molecular weight excluding hydrogens is 512 g/mol. The van der Waals surface area contributed by atoms with Gasteiger partial charge in [-0.2, -0.15) is 0 Å². The maximum absolute atomic E-state index is 12.8. The Bertz CT molecular complexity index is 1600. The Hall–Kier alpha value is -4.73. The molecule has 4 aromatic rings. The summed E-state index contributed by atoms with van der Waals surface area (Å²) in [5.41, 5.74) is 2.60. The normalized spacial score (nSPS) is 11.7. The Balaban J connectivity index is 1.42. The predicted octanol–water partition coefficient (Wildman–Crippen LogP) is 4.00. The van der Waals surface area contributed by atoms with E-state index in [0.29, 0.717) is 28.8 Å². The molecule has 0 radical (unpaired) electrons. The number of hydrogen-bond acceptors (Lipinski definition) is 8. The van der Waals surface area contributed by atoms with E-state index in [0.717, 1.165) is 22.0 Å². The number of fused-ring (bicyclic) bond motifs is 3. The van der Waals surface area contributed by atoms with Gasteiger partial charge in [0.15, 0.2) is 0 Å². The van der Waals surface area contributed by atoms with E-state index in [4.69, 9.17) is 9.47 Å². The van der Waals surface area contributed by atoms with Gasteiger partial charge in [0.25, 0.3) is 11.5 Å². The molecule has 0 unspecified atom stereocenters. The van der Waals surface area contributed by atoms with Crippen molar-refractivity contribution < 1.29 is 23.9 Å². The number of anilines is 1. The van der Waals surface area contributed by atoms with Gasteiger partial charge in [-0.25, -0.2) is 9.78 Å². The summed E-state index contributed by atoms with van der Waals surface area (Å²) in [6, 6.07) is 15.6. The number of H-pyrrole nitrogens is 1. The fraction of sp³-hybridized carbons (Fsp3) is 0.300. The first-order valence-corrected chi connectivity index (χ1v) is 13.2. The molecule has 0 aliphatic rings. The number of carbonyl (C=O) groups is 3. The molecular formula is C30H32N4O6. The van der Waals surface area contributed by atoms with Gasteiger partial charge in [0, 0.05) is 24.2 Å². The Morgan fingerprint density at radius 2 is 1.70 bits per heavy atom. The summed E-state index contributed by atoms with van der Waals surface area (Å²) in [7, 11) is 0. The van der Waals surface area contributed by atoms with E-state index >= 15 is 0 Å². The second-order valence-corrected chi connectivity index (χ2v) is 9.22. The van der Waals surface area contributed by atoms with Crippen LogP contribution in [0.3, 0.4) is 0 Å². The van der Waals surface area contributed by atoms with Crippen LogP contribution in [0.1, 0.15) is 48.4 Å². The molecule has 208 valence electrons. The minimum atomic E-state index is -0.968. The molecule has 0 aliphatic carbocycles. The number of amides is 1. The number of benzene rings is 3. The third kappa shape index (κ3) is 6.82. The Morgan fingerprint density at radius 1 is 0.975 bits per heavy atom. The molecule has 1 atom stereocenters. The highest BCUT2D eigenvalue weighted by Crippen LogP contribution is 2.23. The van der Waals surface area contributed by atoms with Crippen LogP contribution in [0.15, 0.2) is 59.4 Å². The van der Waals surface area contributed by atoms with Crippen molar-refractivity contribution in [3.8, 4) is 0 Å². The first-order valence-electron chi connectivity index (χ1n) is 13.2. The highest BCUT2D eigenvalue weighted by molar-refractivity contribution is 6.05. The molecule has 1 amide bonds. The van der Waals surface area contributed by atoms with Crippen LogP contribution in [-0.4, -0.2) is 47.1 Å². The number of esters is 2. The molecule has 0 fully saturated rings. The van der Waals surface area contributed by atoms with Crippen LogP contribution in [0.4, 0.5) is 5.69 Å². The molecule has 3 aromatic carbocycles. The summed E-state index contributed by atoms with van der Waals surface area (Å²) in [4.78, 5) is 56.7. The lowest BCUT2D eigenvalue weighted by Crippen LogP contribution is -2.42. The molecule has 0 spiro atoms. The maximum atomic E-state index is 12.8. The number of aromatic nitrogens is 2. The summed E-state index contributed by atoms with van der Waals surface area (Å²) in [6.45, 7) is 6.02. The van der Waals surface area contributed by atoms with Crippen molar-refractivity contribution in [2.75, 3.05) is 18.5 Å². The van der Waals surface area contributed by atoms with Crippen molar-refractivity contribution in [3.63, 3.8) is 0 Å². The lowest BCUT2D eigenvalue weighted by molar-refractivity contribution is -0.146. The summed E-state index contributed by atoms with van der Waals surface area (Å²) >= 11 is 0. The van der Waals surface area contributed by atoms with Crippen LogP contribution in [0.5, 0.6) is 0 Å². The van der Waals surface area contributed by atoms with Crippen LogP contribution in [0, 0.1) is 6.92 Å². The molecule has 10 nitrogen and oxygen atoms in total. The molecule has 3 N–H and O–H groups in total. The molecule has 10 heteroatoms. The average Bonchev–Trinajstić information content (AvgIpc) is 2.94. The van der Waals surface area contributed by atoms with Crippen molar-refractivity contribution in [2.45, 2.75) is 46.2 Å². The molecule has 1 heterocycles. The zero-order valence-corrected chi connectivity index (χ0v) is 22.7. The second-order valence-electron chi connectivity index (χ2n) is 9.22. The molecule has 1 aromatic heterocycles. The molecule has 0 bridgehead atoms. The van der Waals surface area contributed by atoms with Gasteiger partial charge in [0.05, 0.1) is 24.1 Å². The van der Waals surface area contributed by atoms with Gasteiger partial charge in [0.2, 0.25) is 0 Å². The smallest absolute Gasteiger partial charge is 0.328 e. The third-order valence-electron chi connectivity index (χ3n) is 6.34. The molecule has 0 aliphatic heterocycles. The monoisotopic (exact) mass is 544 g/mol. The van der Waals surface area contributed by atoms with Crippen LogP contribution in [0.25, 0.3) is 21.7 Å². The highest BCUT2D eigenvalue weighted by atomic mass is 16.5. The number of hydrogen-bond donors (Lipinski definition) is 3. The summed E-state index contributed by atoms with van der Waals surface area (Å²) in [5.74, 6) is -0.932. The number of ether oxygens (including phenoxy) is 2. The molecule has 4 rings (SSSR count). The van der Waals surface area contributed by atoms with E-state index in [2.05, 4.69) is 20.6 Å².